The monoisotopic (exact) mass is 516 g/mol. The Balaban J connectivity index is 0.000000479. The number of nitrogens with two attached hydrogens (primary N) is 1. The zero-order valence-electron chi connectivity index (χ0n) is 17.3. The lowest BCUT2D eigenvalue weighted by Crippen LogP contribution is -2.21. The van der Waals surface area contributed by atoms with Crippen molar-refractivity contribution in [3.05, 3.63) is 65.0 Å². The lowest BCUT2D eigenvalue weighted by molar-refractivity contribution is -0.192. The Morgan fingerprint density at radius 2 is 1.73 bits per heavy atom. The lowest BCUT2D eigenvalue weighted by atomic mass is 10.0. The summed E-state index contributed by atoms with van der Waals surface area (Å²) in [6.07, 6.45) is -3.27. The Hall–Kier alpha value is -2.83. The van der Waals surface area contributed by atoms with E-state index in [1.807, 2.05) is 43.5 Å². The van der Waals surface area contributed by atoms with E-state index in [4.69, 9.17) is 21.0 Å². The summed E-state index contributed by atoms with van der Waals surface area (Å²) in [6, 6.07) is 16.3. The highest BCUT2D eigenvalue weighted by atomic mass is 32.2. The number of carboxylic acids is 1. The van der Waals surface area contributed by atoms with Gasteiger partial charge < -0.3 is 10.8 Å². The number of carboxylic acid groups (broad SMARTS) is 1. The first-order chi connectivity index (χ1) is 15.3. The number of thioether (sulfide) groups is 1. The van der Waals surface area contributed by atoms with E-state index in [-0.39, 0.29) is 15.6 Å². The van der Waals surface area contributed by atoms with Crippen LogP contribution in [0.15, 0.2) is 68.6 Å². The predicted molar refractivity (Wildman–Crippen MR) is 123 cm³/mol. The molecule has 3 rings (SSSR count). The van der Waals surface area contributed by atoms with Crippen molar-refractivity contribution in [2.24, 2.45) is 5.73 Å². The number of rotatable bonds is 5. The van der Waals surface area contributed by atoms with Crippen molar-refractivity contribution in [3.8, 4) is 11.1 Å². The van der Waals surface area contributed by atoms with Crippen LogP contribution in [-0.2, 0) is 14.6 Å². The van der Waals surface area contributed by atoms with Gasteiger partial charge in [-0.25, -0.2) is 13.2 Å². The molecule has 1 aromatic heterocycles. The number of hydrogen-bond donors (Lipinski definition) is 3. The predicted octanol–water partition coefficient (Wildman–Crippen LogP) is 5.20. The number of nitrogen functional groups attached to an aromatic ring is 1. The van der Waals surface area contributed by atoms with Gasteiger partial charge in [0.2, 0.25) is 9.84 Å². The van der Waals surface area contributed by atoms with E-state index in [2.05, 4.69) is 0 Å². The maximum atomic E-state index is 13.2. The molecule has 6 nitrogen and oxygen atoms in total. The largest absolute Gasteiger partial charge is 0.490 e. The first-order valence-electron chi connectivity index (χ1n) is 9.02. The Bertz CT molecular complexity index is 1290. The molecule has 0 atom stereocenters. The van der Waals surface area contributed by atoms with Crippen molar-refractivity contribution in [2.45, 2.75) is 27.1 Å². The molecule has 0 radical (unpaired) electrons. The van der Waals surface area contributed by atoms with Gasteiger partial charge in [-0.3, -0.25) is 5.41 Å². The minimum Gasteiger partial charge on any atom is -0.475 e. The van der Waals surface area contributed by atoms with Crippen molar-refractivity contribution < 1.29 is 31.5 Å². The second-order valence-electron chi connectivity index (χ2n) is 6.53. The summed E-state index contributed by atoms with van der Waals surface area (Å²) in [5.41, 5.74) is 8.49. The number of carbonyl (C=O) groups is 1. The molecule has 176 valence electrons. The number of alkyl halides is 3. The molecule has 0 fully saturated rings. The van der Waals surface area contributed by atoms with Gasteiger partial charge in [-0.2, -0.15) is 13.2 Å². The van der Waals surface area contributed by atoms with Crippen LogP contribution in [0.3, 0.4) is 0 Å². The smallest absolute Gasteiger partial charge is 0.475 e. The van der Waals surface area contributed by atoms with Gasteiger partial charge in [0, 0.05) is 0 Å². The fourth-order valence-corrected chi connectivity index (χ4v) is 6.58. The van der Waals surface area contributed by atoms with Gasteiger partial charge >= 0.3 is 12.1 Å². The van der Waals surface area contributed by atoms with Gasteiger partial charge in [0.15, 0.2) is 0 Å². The Labute approximate surface area is 196 Å². The molecule has 0 spiro atoms. The number of benzene rings is 2. The van der Waals surface area contributed by atoms with Gasteiger partial charge in [-0.1, -0.05) is 36.4 Å². The van der Waals surface area contributed by atoms with Crippen molar-refractivity contribution in [2.75, 3.05) is 6.26 Å². The fourth-order valence-electron chi connectivity index (χ4n) is 2.67. The van der Waals surface area contributed by atoms with Crippen LogP contribution < -0.4 is 5.73 Å². The second-order valence-corrected chi connectivity index (χ2v) is 10.6. The second kappa shape index (κ2) is 10.4. The van der Waals surface area contributed by atoms with Gasteiger partial charge in [0.25, 0.3) is 0 Å². The van der Waals surface area contributed by atoms with Crippen LogP contribution in [0.25, 0.3) is 11.1 Å². The Morgan fingerprint density at radius 3 is 2.24 bits per heavy atom. The summed E-state index contributed by atoms with van der Waals surface area (Å²) in [7, 11) is -3.70. The SMILES string of the molecule is CSc1sc(C(=N)N)cc1S(=O)(=O)c1cccc(-c2ccccc2C)c1.O=C(O)C(F)(F)F. The number of hydrogen-bond acceptors (Lipinski definition) is 6. The van der Waals surface area contributed by atoms with Crippen molar-refractivity contribution in [1.82, 2.24) is 0 Å². The van der Waals surface area contributed by atoms with E-state index >= 15 is 0 Å². The van der Waals surface area contributed by atoms with Gasteiger partial charge in [0.1, 0.15) is 5.84 Å². The first-order valence-corrected chi connectivity index (χ1v) is 12.5. The zero-order valence-corrected chi connectivity index (χ0v) is 19.8. The quantitative estimate of drug-likeness (QED) is 0.244. The molecule has 0 aliphatic carbocycles. The maximum Gasteiger partial charge on any atom is 0.490 e. The van der Waals surface area contributed by atoms with E-state index in [0.29, 0.717) is 9.09 Å². The van der Waals surface area contributed by atoms with Crippen LogP contribution in [0.1, 0.15) is 10.4 Å². The number of halogens is 3. The average Bonchev–Trinajstić information content (AvgIpc) is 3.20. The van der Waals surface area contributed by atoms with Crippen LogP contribution in [0.5, 0.6) is 0 Å². The van der Waals surface area contributed by atoms with Gasteiger partial charge in [0.05, 0.1) is 18.9 Å². The minimum absolute atomic E-state index is 0.125. The molecule has 1 heterocycles. The van der Waals surface area contributed by atoms with Crippen LogP contribution in [0.4, 0.5) is 13.2 Å². The van der Waals surface area contributed by atoms with Crippen molar-refractivity contribution >= 4 is 44.7 Å². The Kier molecular flexibility index (Phi) is 8.33. The highest BCUT2D eigenvalue weighted by Gasteiger charge is 2.38. The molecule has 0 saturated carbocycles. The molecule has 0 unspecified atom stereocenters. The zero-order chi connectivity index (χ0) is 25.0. The van der Waals surface area contributed by atoms with Crippen LogP contribution >= 0.6 is 23.1 Å². The van der Waals surface area contributed by atoms with E-state index in [1.54, 1.807) is 18.2 Å². The molecule has 4 N–H and O–H groups in total. The number of thiophene rings is 1. The van der Waals surface area contributed by atoms with E-state index in [1.165, 1.54) is 29.2 Å². The molecular formula is C21H19F3N2O4S3. The molecular weight excluding hydrogens is 497 g/mol. The molecule has 3 aromatic rings. The number of sulfone groups is 1. The molecule has 0 bridgehead atoms. The fraction of sp³-hybridized carbons (Fsp3) is 0.143. The number of nitrogens with one attached hydrogen (secondary N) is 1. The summed E-state index contributed by atoms with van der Waals surface area (Å²) in [5.74, 6) is -2.88. The summed E-state index contributed by atoms with van der Waals surface area (Å²) >= 11 is 2.57. The van der Waals surface area contributed by atoms with Crippen LogP contribution in [0, 0.1) is 12.3 Å². The van der Waals surface area contributed by atoms with Gasteiger partial charge in [-0.15, -0.1) is 23.1 Å². The average molecular weight is 517 g/mol. The number of aliphatic carboxylic acids is 1. The summed E-state index contributed by atoms with van der Waals surface area (Å²) in [4.78, 5) is 9.80. The van der Waals surface area contributed by atoms with Crippen molar-refractivity contribution in [1.29, 1.82) is 5.41 Å². The molecule has 33 heavy (non-hydrogen) atoms. The first kappa shape index (κ1) is 26.4. The Morgan fingerprint density at radius 1 is 1.12 bits per heavy atom. The third-order valence-electron chi connectivity index (χ3n) is 4.25. The lowest BCUT2D eigenvalue weighted by Gasteiger charge is -2.09. The molecule has 0 aliphatic rings. The maximum absolute atomic E-state index is 13.2. The minimum atomic E-state index is -5.08. The van der Waals surface area contributed by atoms with E-state index in [0.717, 1.165) is 16.7 Å². The molecule has 2 aromatic carbocycles. The van der Waals surface area contributed by atoms with Gasteiger partial charge in [-0.05, 0) is 48.1 Å². The normalized spacial score (nSPS) is 11.4. The van der Waals surface area contributed by atoms with E-state index in [9.17, 15) is 21.6 Å². The number of aryl methyl sites for hydroxylation is 1. The molecule has 12 heteroatoms. The highest BCUT2D eigenvalue weighted by Crippen LogP contribution is 2.37. The topological polar surface area (TPSA) is 121 Å². The highest BCUT2D eigenvalue weighted by molar-refractivity contribution is 8.01. The van der Waals surface area contributed by atoms with Crippen molar-refractivity contribution in [3.63, 3.8) is 0 Å². The molecule has 0 amide bonds. The molecule has 0 aliphatic heterocycles. The van der Waals surface area contributed by atoms with Crippen LogP contribution in [-0.4, -0.2) is 37.8 Å². The number of amidine groups is 1. The summed E-state index contributed by atoms with van der Waals surface area (Å²) in [6.45, 7) is 2.00. The third kappa shape index (κ3) is 6.36. The third-order valence-corrected chi connectivity index (χ3v) is 8.59. The van der Waals surface area contributed by atoms with E-state index < -0.39 is 22.0 Å². The molecule has 0 saturated heterocycles. The standard InChI is InChI=1S/C19H18N2O2S3.C2HF3O2/c1-12-6-3-4-9-15(12)13-7-5-8-14(10-13)26(22,23)17-11-16(18(20)21)25-19(17)24-2;3-2(4,5)1(6)7/h3-11H,1-2H3,(H3,20,21);(H,6,7). The summed E-state index contributed by atoms with van der Waals surface area (Å²) < 4.78 is 58.8. The summed E-state index contributed by atoms with van der Waals surface area (Å²) in [5, 5.41) is 14.7. The van der Waals surface area contributed by atoms with Crippen LogP contribution in [0.2, 0.25) is 0 Å².